The minimum absolute atomic E-state index is 0.0940. The fourth-order valence-corrected chi connectivity index (χ4v) is 4.26. The summed E-state index contributed by atoms with van der Waals surface area (Å²) in [6.07, 6.45) is 1.68. The average Bonchev–Trinajstić information content (AvgIpc) is 3.23. The number of rotatable bonds is 7. The second kappa shape index (κ2) is 9.50. The molecule has 1 amide bonds. The Labute approximate surface area is 198 Å². The van der Waals surface area contributed by atoms with Crippen LogP contribution in [0.3, 0.4) is 0 Å². The molecule has 0 atom stereocenters. The first kappa shape index (κ1) is 23.2. The number of aryl methyl sites for hydroxylation is 1. The number of hydrogen-bond acceptors (Lipinski definition) is 5. The van der Waals surface area contributed by atoms with Crippen LogP contribution in [-0.4, -0.2) is 31.2 Å². The van der Waals surface area contributed by atoms with Crippen LogP contribution in [0.25, 0.3) is 11.3 Å². The number of anilines is 1. The Morgan fingerprint density at radius 3 is 2.41 bits per heavy atom. The molecule has 0 radical (unpaired) electrons. The maximum absolute atomic E-state index is 13.3. The van der Waals surface area contributed by atoms with Crippen molar-refractivity contribution in [1.82, 2.24) is 9.78 Å². The van der Waals surface area contributed by atoms with Crippen LogP contribution in [-0.2, 0) is 16.6 Å². The van der Waals surface area contributed by atoms with Gasteiger partial charge in [0, 0.05) is 17.4 Å². The molecule has 4 rings (SSSR count). The molecule has 0 saturated carbocycles. The smallest absolute Gasteiger partial charge is 0.259 e. The summed E-state index contributed by atoms with van der Waals surface area (Å²) in [5.74, 6) is -0.336. The number of methoxy groups -OCH3 is 1. The number of nitrogens with one attached hydrogen (secondary N) is 1. The highest BCUT2D eigenvalue weighted by molar-refractivity contribution is 7.89. The van der Waals surface area contributed by atoms with E-state index in [9.17, 15) is 13.2 Å². The van der Waals surface area contributed by atoms with Crippen LogP contribution in [0.4, 0.5) is 5.69 Å². The molecule has 3 N–H and O–H groups in total. The lowest BCUT2D eigenvalue weighted by Gasteiger charge is -2.10. The van der Waals surface area contributed by atoms with Gasteiger partial charge in [-0.15, -0.1) is 0 Å². The second-order valence-corrected chi connectivity index (χ2v) is 9.34. The van der Waals surface area contributed by atoms with Gasteiger partial charge in [-0.1, -0.05) is 60.2 Å². The minimum Gasteiger partial charge on any atom is -0.495 e. The van der Waals surface area contributed by atoms with Gasteiger partial charge in [-0.25, -0.2) is 13.6 Å². The third kappa shape index (κ3) is 5.16. The molecule has 0 bridgehead atoms. The summed E-state index contributed by atoms with van der Waals surface area (Å²) in [6.45, 7) is 2.48. The maximum Gasteiger partial charge on any atom is 0.259 e. The van der Waals surface area contributed by atoms with E-state index in [1.807, 2.05) is 61.5 Å². The zero-order valence-electron chi connectivity index (χ0n) is 18.7. The van der Waals surface area contributed by atoms with E-state index in [1.54, 1.807) is 16.9 Å². The highest BCUT2D eigenvalue weighted by Gasteiger charge is 2.21. The zero-order valence-corrected chi connectivity index (χ0v) is 19.5. The van der Waals surface area contributed by atoms with Crippen LogP contribution in [0.5, 0.6) is 5.75 Å². The lowest BCUT2D eigenvalue weighted by molar-refractivity contribution is 0.102. The summed E-state index contributed by atoms with van der Waals surface area (Å²) in [6, 6.07) is 21.8. The van der Waals surface area contributed by atoms with E-state index in [-0.39, 0.29) is 16.3 Å². The standard InChI is InChI=1S/C25H24N4O4S/c1-17-8-10-19(11-9-17)24-21(16-29(28-24)15-18-6-4-3-5-7-18)25(30)27-20-12-13-22(33-2)23(14-20)34(26,31)32/h3-14,16H,15H2,1-2H3,(H,27,30)(H2,26,31,32). The molecule has 0 fully saturated rings. The molecule has 4 aromatic rings. The van der Waals surface area contributed by atoms with E-state index in [1.165, 1.54) is 19.2 Å². The quantitative estimate of drug-likeness (QED) is 0.421. The van der Waals surface area contributed by atoms with Gasteiger partial charge in [0.1, 0.15) is 16.3 Å². The molecule has 1 aromatic heterocycles. The van der Waals surface area contributed by atoms with Gasteiger partial charge in [-0.05, 0) is 30.7 Å². The monoisotopic (exact) mass is 476 g/mol. The van der Waals surface area contributed by atoms with Crippen LogP contribution in [0.15, 0.2) is 83.9 Å². The number of sulfonamides is 1. The molecule has 0 unspecified atom stereocenters. The summed E-state index contributed by atoms with van der Waals surface area (Å²) in [4.78, 5) is 13.1. The Morgan fingerprint density at radius 1 is 1.06 bits per heavy atom. The Balaban J connectivity index is 1.71. The molecule has 8 nitrogen and oxygen atoms in total. The summed E-state index contributed by atoms with van der Waals surface area (Å²) in [5, 5.41) is 12.7. The molecule has 174 valence electrons. The average molecular weight is 477 g/mol. The largest absolute Gasteiger partial charge is 0.495 e. The van der Waals surface area contributed by atoms with Gasteiger partial charge in [0.05, 0.1) is 19.2 Å². The van der Waals surface area contributed by atoms with Gasteiger partial charge in [0.2, 0.25) is 10.0 Å². The zero-order chi connectivity index (χ0) is 24.3. The number of carbonyl (C=O) groups is 1. The number of benzene rings is 3. The van der Waals surface area contributed by atoms with Crippen molar-refractivity contribution in [3.8, 4) is 17.0 Å². The summed E-state index contributed by atoms with van der Waals surface area (Å²) < 4.78 is 30.7. The number of amides is 1. The van der Waals surface area contributed by atoms with Crippen molar-refractivity contribution in [1.29, 1.82) is 0 Å². The normalized spacial score (nSPS) is 11.3. The molecule has 34 heavy (non-hydrogen) atoms. The third-order valence-corrected chi connectivity index (χ3v) is 6.18. The van der Waals surface area contributed by atoms with Gasteiger partial charge >= 0.3 is 0 Å². The summed E-state index contributed by atoms with van der Waals surface area (Å²) in [7, 11) is -2.70. The molecule has 1 heterocycles. The highest BCUT2D eigenvalue weighted by atomic mass is 32.2. The number of nitrogens with zero attached hydrogens (tertiary/aromatic N) is 2. The Kier molecular flexibility index (Phi) is 6.49. The van der Waals surface area contributed by atoms with E-state index in [2.05, 4.69) is 10.4 Å². The third-order valence-electron chi connectivity index (χ3n) is 5.25. The molecular formula is C25H24N4O4S. The SMILES string of the molecule is COc1ccc(NC(=O)c2cn(Cc3ccccc3)nc2-c2ccc(C)cc2)cc1S(N)(=O)=O. The first-order valence-corrected chi connectivity index (χ1v) is 12.0. The molecule has 0 aliphatic rings. The van der Waals surface area contributed by atoms with Crippen molar-refractivity contribution in [3.63, 3.8) is 0 Å². The van der Waals surface area contributed by atoms with E-state index < -0.39 is 15.9 Å². The summed E-state index contributed by atoms with van der Waals surface area (Å²) >= 11 is 0. The number of carbonyl (C=O) groups excluding carboxylic acids is 1. The Bertz CT molecular complexity index is 1430. The van der Waals surface area contributed by atoms with Crippen molar-refractivity contribution in [2.75, 3.05) is 12.4 Å². The number of hydrogen-bond donors (Lipinski definition) is 2. The number of nitrogens with two attached hydrogens (primary N) is 1. The molecule has 9 heteroatoms. The van der Waals surface area contributed by atoms with Crippen LogP contribution in [0.2, 0.25) is 0 Å². The first-order valence-electron chi connectivity index (χ1n) is 10.5. The maximum atomic E-state index is 13.3. The van der Waals surface area contributed by atoms with Gasteiger partial charge in [-0.2, -0.15) is 5.10 Å². The Morgan fingerprint density at radius 2 is 1.76 bits per heavy atom. The summed E-state index contributed by atoms with van der Waals surface area (Å²) in [5.41, 5.74) is 4.07. The van der Waals surface area contributed by atoms with E-state index in [0.717, 1.165) is 16.7 Å². The molecule has 0 saturated heterocycles. The van der Waals surface area contributed by atoms with Gasteiger partial charge in [0.25, 0.3) is 5.91 Å². The van der Waals surface area contributed by atoms with E-state index >= 15 is 0 Å². The highest BCUT2D eigenvalue weighted by Crippen LogP contribution is 2.28. The molecule has 0 aliphatic heterocycles. The van der Waals surface area contributed by atoms with Crippen molar-refractivity contribution in [2.45, 2.75) is 18.4 Å². The minimum atomic E-state index is -4.05. The topological polar surface area (TPSA) is 116 Å². The second-order valence-electron chi connectivity index (χ2n) is 7.81. The van der Waals surface area contributed by atoms with Gasteiger partial charge < -0.3 is 10.1 Å². The van der Waals surface area contributed by atoms with Crippen LogP contribution >= 0.6 is 0 Å². The van der Waals surface area contributed by atoms with Gasteiger partial charge in [-0.3, -0.25) is 9.48 Å². The van der Waals surface area contributed by atoms with Gasteiger partial charge in [0.15, 0.2) is 0 Å². The van der Waals surface area contributed by atoms with Crippen molar-refractivity contribution in [2.24, 2.45) is 5.14 Å². The van der Waals surface area contributed by atoms with Crippen LogP contribution in [0.1, 0.15) is 21.5 Å². The van der Waals surface area contributed by atoms with Crippen LogP contribution in [0, 0.1) is 6.92 Å². The van der Waals surface area contributed by atoms with E-state index in [4.69, 9.17) is 9.88 Å². The lowest BCUT2D eigenvalue weighted by Crippen LogP contribution is -2.16. The number of primary sulfonamides is 1. The molecule has 0 spiro atoms. The predicted molar refractivity (Wildman–Crippen MR) is 130 cm³/mol. The number of ether oxygens (including phenoxy) is 1. The number of aromatic nitrogens is 2. The lowest BCUT2D eigenvalue weighted by atomic mass is 10.1. The van der Waals surface area contributed by atoms with Crippen LogP contribution < -0.4 is 15.2 Å². The Hall–Kier alpha value is -3.95. The first-order chi connectivity index (χ1) is 16.2. The predicted octanol–water partition coefficient (Wildman–Crippen LogP) is 3.82. The molecule has 3 aromatic carbocycles. The van der Waals surface area contributed by atoms with E-state index in [0.29, 0.717) is 17.8 Å². The van der Waals surface area contributed by atoms with Crippen molar-refractivity contribution in [3.05, 3.63) is 95.7 Å². The van der Waals surface area contributed by atoms with Crippen molar-refractivity contribution < 1.29 is 17.9 Å². The molecular weight excluding hydrogens is 452 g/mol. The van der Waals surface area contributed by atoms with Crippen molar-refractivity contribution >= 4 is 21.6 Å². The molecule has 0 aliphatic carbocycles. The fraction of sp³-hybridized carbons (Fsp3) is 0.120. The fourth-order valence-electron chi connectivity index (χ4n) is 3.54.